The molecule has 0 saturated carbocycles. The number of aromatic nitrogens is 1. The van der Waals surface area contributed by atoms with Crippen LogP contribution in [0.15, 0.2) is 70.0 Å². The fourth-order valence-corrected chi connectivity index (χ4v) is 6.25. The molecule has 1 amide bonds. The summed E-state index contributed by atoms with van der Waals surface area (Å²) in [7, 11) is -1.35. The van der Waals surface area contributed by atoms with Crippen LogP contribution in [0.3, 0.4) is 0 Å². The summed E-state index contributed by atoms with van der Waals surface area (Å²) < 4.78 is 31.2. The van der Waals surface area contributed by atoms with E-state index in [2.05, 4.69) is 41.0 Å². The first-order valence-corrected chi connectivity index (χ1v) is 15.7. The molecule has 4 aromatic rings. The van der Waals surface area contributed by atoms with Gasteiger partial charge in [0, 0.05) is 68.0 Å². The second-order valence-electron chi connectivity index (χ2n) is 12.0. The van der Waals surface area contributed by atoms with Crippen LogP contribution in [0.1, 0.15) is 24.2 Å². The third-order valence-corrected chi connectivity index (χ3v) is 8.91. The molecule has 214 valence electrons. The van der Waals surface area contributed by atoms with Gasteiger partial charge in [0.05, 0.1) is 4.90 Å². The number of hydrogen-bond donors (Lipinski definition) is 1. The van der Waals surface area contributed by atoms with Crippen LogP contribution in [0.5, 0.6) is 0 Å². The molecule has 2 aliphatic heterocycles. The summed E-state index contributed by atoms with van der Waals surface area (Å²) in [6, 6.07) is 18.9. The Hall–Kier alpha value is -3.89. The topological polar surface area (TPSA) is 99.0 Å². The molecule has 41 heavy (non-hydrogen) atoms. The number of benzene rings is 3. The lowest BCUT2D eigenvalue weighted by Crippen LogP contribution is -2.55. The highest BCUT2D eigenvalue weighted by atomic mass is 32.2. The molecule has 0 bridgehead atoms. The number of likely N-dealkylation sites (tertiary alicyclic amines) is 1. The van der Waals surface area contributed by atoms with Crippen LogP contribution in [0.2, 0.25) is 0 Å². The standard InChI is InChI=1S/C31H35N5O4S/c1-31(2)19-36(20-31)29(37)22-10-8-21(9-11-22)26-6-5-7-27-28(26)40-30(33-27)32-23-16-24(18-25(17-23)41(4,38)39)35-14-12-34(3)13-15-35/h5-11,16-18H,12-15,19-20H2,1-4H3,(H,32,33). The number of carbonyl (C=O) groups is 1. The first-order valence-electron chi connectivity index (χ1n) is 13.8. The highest BCUT2D eigenvalue weighted by Crippen LogP contribution is 2.34. The van der Waals surface area contributed by atoms with Gasteiger partial charge in [0.2, 0.25) is 0 Å². The van der Waals surface area contributed by atoms with Gasteiger partial charge >= 0.3 is 0 Å². The molecule has 6 rings (SSSR count). The number of amides is 1. The fourth-order valence-electron chi connectivity index (χ4n) is 5.58. The van der Waals surface area contributed by atoms with Crippen molar-refractivity contribution in [2.24, 2.45) is 5.41 Å². The Morgan fingerprint density at radius 1 is 0.976 bits per heavy atom. The molecule has 0 unspecified atom stereocenters. The van der Waals surface area contributed by atoms with E-state index in [-0.39, 0.29) is 22.2 Å². The summed E-state index contributed by atoms with van der Waals surface area (Å²) in [5.41, 5.74) is 5.33. The van der Waals surface area contributed by atoms with E-state index in [9.17, 15) is 13.2 Å². The lowest BCUT2D eigenvalue weighted by atomic mass is 9.84. The number of anilines is 3. The molecule has 0 aliphatic carbocycles. The van der Waals surface area contributed by atoms with Crippen LogP contribution in [0.25, 0.3) is 22.2 Å². The number of likely N-dealkylation sites (N-methyl/N-ethyl adjacent to an activating group) is 1. The van der Waals surface area contributed by atoms with E-state index in [1.807, 2.05) is 53.4 Å². The van der Waals surface area contributed by atoms with Crippen LogP contribution < -0.4 is 10.2 Å². The maximum absolute atomic E-state index is 12.8. The van der Waals surface area contributed by atoms with Crippen molar-refractivity contribution in [1.29, 1.82) is 0 Å². The number of nitrogens with zero attached hydrogens (tertiary/aromatic N) is 4. The van der Waals surface area contributed by atoms with Crippen molar-refractivity contribution in [3.8, 4) is 11.1 Å². The minimum atomic E-state index is -3.43. The number of piperazine rings is 1. The van der Waals surface area contributed by atoms with Crippen LogP contribution >= 0.6 is 0 Å². The minimum absolute atomic E-state index is 0.0486. The van der Waals surface area contributed by atoms with E-state index in [0.29, 0.717) is 22.4 Å². The van der Waals surface area contributed by atoms with Crippen LogP contribution in [0, 0.1) is 5.41 Å². The Balaban J connectivity index is 1.27. The maximum atomic E-state index is 12.8. The molecule has 1 N–H and O–H groups in total. The van der Waals surface area contributed by atoms with E-state index in [1.165, 1.54) is 6.26 Å². The predicted octanol–water partition coefficient (Wildman–Crippen LogP) is 4.88. The third-order valence-electron chi connectivity index (χ3n) is 7.82. The fraction of sp³-hybridized carbons (Fsp3) is 0.355. The number of fused-ring (bicyclic) bond motifs is 1. The highest BCUT2D eigenvalue weighted by Gasteiger charge is 2.37. The Morgan fingerprint density at radius 3 is 2.34 bits per heavy atom. The summed E-state index contributed by atoms with van der Waals surface area (Å²) in [4.78, 5) is 24.0. The van der Waals surface area contributed by atoms with Gasteiger partial charge in [0.1, 0.15) is 5.52 Å². The number of carbonyl (C=O) groups excluding carboxylic acids is 1. The molecule has 2 saturated heterocycles. The van der Waals surface area contributed by atoms with Crippen molar-refractivity contribution >= 4 is 44.2 Å². The van der Waals surface area contributed by atoms with Gasteiger partial charge in [0.15, 0.2) is 15.4 Å². The molecule has 0 spiro atoms. The van der Waals surface area contributed by atoms with Gasteiger partial charge in [-0.1, -0.05) is 38.1 Å². The van der Waals surface area contributed by atoms with Gasteiger partial charge in [-0.15, -0.1) is 0 Å². The normalized spacial score (nSPS) is 17.5. The predicted molar refractivity (Wildman–Crippen MR) is 162 cm³/mol. The summed E-state index contributed by atoms with van der Waals surface area (Å²) >= 11 is 0. The second kappa shape index (κ2) is 10.2. The molecule has 1 aromatic heterocycles. The van der Waals surface area contributed by atoms with Gasteiger partial charge in [0.25, 0.3) is 11.9 Å². The summed E-state index contributed by atoms with van der Waals surface area (Å²) in [5.74, 6) is 0.0486. The molecule has 9 nitrogen and oxygen atoms in total. The van der Waals surface area contributed by atoms with Gasteiger partial charge in [-0.3, -0.25) is 4.79 Å². The summed E-state index contributed by atoms with van der Waals surface area (Å²) in [6.45, 7) is 9.31. The van der Waals surface area contributed by atoms with Crippen LogP contribution in [-0.4, -0.2) is 81.7 Å². The van der Waals surface area contributed by atoms with Crippen molar-refractivity contribution in [3.05, 3.63) is 66.2 Å². The average molecular weight is 574 g/mol. The second-order valence-corrected chi connectivity index (χ2v) is 14.0. The zero-order valence-corrected chi connectivity index (χ0v) is 24.7. The van der Waals surface area contributed by atoms with Gasteiger partial charge in [-0.05, 0) is 54.4 Å². The lowest BCUT2D eigenvalue weighted by Gasteiger charge is -2.45. The highest BCUT2D eigenvalue weighted by molar-refractivity contribution is 7.90. The molecule has 10 heteroatoms. The maximum Gasteiger partial charge on any atom is 0.300 e. The number of oxazole rings is 1. The SMILES string of the molecule is CN1CCN(c2cc(Nc3nc4cccc(-c5ccc(C(=O)N6CC(C)(C)C6)cc5)c4o3)cc(S(C)(=O)=O)c2)CC1. The van der Waals surface area contributed by atoms with Crippen molar-refractivity contribution in [3.63, 3.8) is 0 Å². The zero-order valence-electron chi connectivity index (χ0n) is 23.8. The molecule has 2 aliphatic rings. The quantitative estimate of drug-likeness (QED) is 0.349. The van der Waals surface area contributed by atoms with Crippen LogP contribution in [-0.2, 0) is 9.84 Å². The van der Waals surface area contributed by atoms with Crippen molar-refractivity contribution in [1.82, 2.24) is 14.8 Å². The van der Waals surface area contributed by atoms with Crippen molar-refractivity contribution < 1.29 is 17.6 Å². The monoisotopic (exact) mass is 573 g/mol. The molecule has 3 aromatic carbocycles. The number of sulfone groups is 1. The van der Waals surface area contributed by atoms with Gasteiger partial charge in [-0.2, -0.15) is 4.98 Å². The molecule has 0 radical (unpaired) electrons. The molecule has 0 atom stereocenters. The molecule has 3 heterocycles. The largest absolute Gasteiger partial charge is 0.423 e. The Kier molecular flexibility index (Phi) is 6.78. The lowest BCUT2D eigenvalue weighted by molar-refractivity contribution is 0.0236. The number of rotatable bonds is 6. The van der Waals surface area contributed by atoms with E-state index >= 15 is 0 Å². The van der Waals surface area contributed by atoms with E-state index < -0.39 is 9.84 Å². The smallest absolute Gasteiger partial charge is 0.300 e. The van der Waals surface area contributed by atoms with E-state index in [0.717, 1.165) is 56.1 Å². The van der Waals surface area contributed by atoms with Crippen LogP contribution in [0.4, 0.5) is 17.4 Å². The Labute approximate surface area is 240 Å². The zero-order chi connectivity index (χ0) is 28.9. The number of para-hydroxylation sites is 1. The first-order chi connectivity index (χ1) is 19.4. The summed E-state index contributed by atoms with van der Waals surface area (Å²) in [5, 5.41) is 3.20. The third kappa shape index (κ3) is 5.67. The van der Waals surface area contributed by atoms with Gasteiger partial charge < -0.3 is 24.4 Å². The minimum Gasteiger partial charge on any atom is -0.423 e. The number of nitrogens with one attached hydrogen (secondary N) is 1. The molecular weight excluding hydrogens is 538 g/mol. The number of hydrogen-bond acceptors (Lipinski definition) is 8. The summed E-state index contributed by atoms with van der Waals surface area (Å²) in [6.07, 6.45) is 1.22. The average Bonchev–Trinajstić information content (AvgIpc) is 3.33. The Bertz CT molecular complexity index is 1710. The van der Waals surface area contributed by atoms with E-state index in [4.69, 9.17) is 4.42 Å². The van der Waals surface area contributed by atoms with Crippen molar-refractivity contribution in [2.75, 3.05) is 62.8 Å². The molecular formula is C31H35N5O4S. The van der Waals surface area contributed by atoms with Crippen molar-refractivity contribution in [2.45, 2.75) is 18.7 Å². The Morgan fingerprint density at radius 2 is 1.68 bits per heavy atom. The molecule has 2 fully saturated rings. The first kappa shape index (κ1) is 27.3. The van der Waals surface area contributed by atoms with E-state index in [1.54, 1.807) is 12.1 Å². The van der Waals surface area contributed by atoms with Gasteiger partial charge in [-0.25, -0.2) is 8.42 Å².